The number of aliphatic carboxylic acids is 1. The summed E-state index contributed by atoms with van der Waals surface area (Å²) in [6.45, 7) is 2.62. The fourth-order valence-electron chi connectivity index (χ4n) is 6.84. The number of hydrogen-bond donors (Lipinski definition) is 4. The number of aliphatic hydroxyl groups is 1. The van der Waals surface area contributed by atoms with Gasteiger partial charge in [-0.25, -0.2) is 9.36 Å². The Morgan fingerprint density at radius 3 is 1.31 bits per heavy atom. The van der Waals surface area contributed by atoms with Gasteiger partial charge in [0, 0.05) is 12.8 Å². The number of rotatable bonds is 45. The second-order valence-corrected chi connectivity index (χ2v) is 17.8. The summed E-state index contributed by atoms with van der Waals surface area (Å²) >= 11 is 0. The molecule has 0 aliphatic heterocycles. The number of carboxylic acids is 1. The number of amides is 1. The van der Waals surface area contributed by atoms with Gasteiger partial charge in [-0.15, -0.1) is 0 Å². The van der Waals surface area contributed by atoms with Crippen molar-refractivity contribution in [3.05, 3.63) is 12.2 Å². The van der Waals surface area contributed by atoms with Crippen molar-refractivity contribution in [3.8, 4) is 0 Å². The van der Waals surface area contributed by atoms with E-state index in [4.69, 9.17) is 13.8 Å². The summed E-state index contributed by atoms with van der Waals surface area (Å²) in [5, 5.41) is 21.9. The van der Waals surface area contributed by atoms with Gasteiger partial charge in [-0.05, 0) is 38.5 Å². The molecule has 342 valence electrons. The minimum Gasteiger partial charge on any atom is -0.480 e. The second-order valence-electron chi connectivity index (χ2n) is 16.3. The van der Waals surface area contributed by atoms with E-state index < -0.39 is 57.6 Å². The molecule has 0 heterocycles. The summed E-state index contributed by atoms with van der Waals surface area (Å²) in [5.74, 6) is -2.36. The molecule has 0 aromatic heterocycles. The largest absolute Gasteiger partial charge is 0.480 e. The van der Waals surface area contributed by atoms with Gasteiger partial charge in [-0.3, -0.25) is 18.6 Å². The number of unbranched alkanes of at least 4 members (excludes halogenated alkanes) is 29. The highest BCUT2D eigenvalue weighted by Crippen LogP contribution is 2.43. The second kappa shape index (κ2) is 41.9. The molecule has 0 saturated carbocycles. The summed E-state index contributed by atoms with van der Waals surface area (Å²) < 4.78 is 26.9. The highest BCUT2D eigenvalue weighted by atomic mass is 31.2. The number of allylic oxidation sites excluding steroid dienone is 2. The van der Waals surface area contributed by atoms with Crippen LogP contribution in [0.5, 0.6) is 0 Å². The van der Waals surface area contributed by atoms with Crippen molar-refractivity contribution in [3.63, 3.8) is 0 Å². The van der Waals surface area contributed by atoms with Crippen LogP contribution in [0.25, 0.3) is 0 Å². The molecule has 3 atom stereocenters. The third kappa shape index (κ3) is 41.0. The lowest BCUT2D eigenvalue weighted by atomic mass is 10.0. The molecule has 0 saturated heterocycles. The molecule has 4 N–H and O–H groups in total. The van der Waals surface area contributed by atoms with E-state index in [2.05, 4.69) is 31.3 Å². The van der Waals surface area contributed by atoms with Gasteiger partial charge in [0.15, 0.2) is 6.04 Å². The number of carbonyl (C=O) groups is 3. The Labute approximate surface area is 354 Å². The quantitative estimate of drug-likeness (QED) is 0.0200. The van der Waals surface area contributed by atoms with Crippen molar-refractivity contribution in [2.24, 2.45) is 0 Å². The third-order valence-electron chi connectivity index (χ3n) is 10.6. The number of phosphoric acid groups is 1. The van der Waals surface area contributed by atoms with Gasteiger partial charge < -0.3 is 25.2 Å². The van der Waals surface area contributed by atoms with Crippen LogP contribution in [0.1, 0.15) is 232 Å². The Bertz CT molecular complexity index is 1040. The number of esters is 1. The number of carboxylic acid groups (broad SMARTS) is 1. The fraction of sp³-hybridized carbons (Fsp3) is 0.891. The van der Waals surface area contributed by atoms with Crippen molar-refractivity contribution < 1.29 is 47.8 Å². The number of phosphoric ester groups is 1. The maximum absolute atomic E-state index is 12.3. The number of nitrogens with one attached hydrogen (secondary N) is 1. The van der Waals surface area contributed by atoms with Crippen LogP contribution in [0.15, 0.2) is 12.2 Å². The molecule has 0 fully saturated rings. The number of aliphatic hydroxyl groups excluding tert-OH is 1. The predicted molar refractivity (Wildman–Crippen MR) is 236 cm³/mol. The Hall–Kier alpha value is -1.78. The highest BCUT2D eigenvalue weighted by Gasteiger charge is 2.28. The maximum atomic E-state index is 12.3. The molecule has 1 amide bonds. The highest BCUT2D eigenvalue weighted by molar-refractivity contribution is 7.47. The maximum Gasteiger partial charge on any atom is 0.472 e. The smallest absolute Gasteiger partial charge is 0.472 e. The molecule has 0 spiro atoms. The average Bonchev–Trinajstić information content (AvgIpc) is 3.20. The topological polar surface area (TPSA) is 169 Å². The van der Waals surface area contributed by atoms with E-state index in [9.17, 15) is 34.1 Å². The van der Waals surface area contributed by atoms with Crippen LogP contribution in [0.3, 0.4) is 0 Å². The van der Waals surface area contributed by atoms with Crippen LogP contribution in [0, 0.1) is 0 Å². The monoisotopic (exact) mass is 846 g/mol. The lowest BCUT2D eigenvalue weighted by molar-refractivity contribution is -0.147. The van der Waals surface area contributed by atoms with Gasteiger partial charge in [0.25, 0.3) is 0 Å². The normalized spacial score (nSPS) is 13.7. The molecule has 0 aliphatic carbocycles. The summed E-state index contributed by atoms with van der Waals surface area (Å²) in [6, 6.07) is -1.54. The van der Waals surface area contributed by atoms with Crippen molar-refractivity contribution in [1.82, 2.24) is 5.32 Å². The molecule has 0 bridgehead atoms. The molecule has 0 rings (SSSR count). The summed E-state index contributed by atoms with van der Waals surface area (Å²) in [7, 11) is -4.75. The average molecular weight is 846 g/mol. The SMILES string of the molecule is CCCCCCCC/C=C\CCCCCCCCCC(=O)NC(COP(=O)(O)OCC(O)COC(=O)CCCCCCCCCCCCCCCCCCC)C(=O)O. The molecule has 58 heavy (non-hydrogen) atoms. The van der Waals surface area contributed by atoms with Crippen LogP contribution < -0.4 is 5.32 Å². The third-order valence-corrected chi connectivity index (χ3v) is 11.5. The lowest BCUT2D eigenvalue weighted by Crippen LogP contribution is -2.43. The Morgan fingerprint density at radius 2 is 0.897 bits per heavy atom. The van der Waals surface area contributed by atoms with E-state index in [0.29, 0.717) is 12.8 Å². The molecule has 3 unspecified atom stereocenters. The van der Waals surface area contributed by atoms with E-state index in [1.165, 1.54) is 141 Å². The van der Waals surface area contributed by atoms with E-state index in [1.54, 1.807) is 0 Å². The first kappa shape index (κ1) is 56.2. The predicted octanol–water partition coefficient (Wildman–Crippen LogP) is 12.5. The Balaban J connectivity index is 3.85. The Kier molecular flexibility index (Phi) is 40.6. The van der Waals surface area contributed by atoms with E-state index in [0.717, 1.165) is 51.4 Å². The molecule has 0 aromatic carbocycles. The number of ether oxygens (including phenoxy) is 1. The minimum absolute atomic E-state index is 0.144. The lowest BCUT2D eigenvalue weighted by Gasteiger charge is -2.18. The van der Waals surface area contributed by atoms with Crippen LogP contribution in [0.4, 0.5) is 0 Å². The van der Waals surface area contributed by atoms with Gasteiger partial charge >= 0.3 is 19.8 Å². The fourth-order valence-corrected chi connectivity index (χ4v) is 7.61. The first-order valence-electron chi connectivity index (χ1n) is 23.7. The summed E-state index contributed by atoms with van der Waals surface area (Å²) in [5.41, 5.74) is 0. The standard InChI is InChI=1S/C46H88NO10P/c1-3-5-7-9-11-13-15-17-19-21-23-25-27-29-31-33-35-37-44(49)47-43(46(51)52)41-57-58(53,54)56-40-42(48)39-55-45(50)38-36-34-32-30-28-26-24-22-20-18-16-14-12-10-8-6-4-2/h17,19,42-43,48H,3-16,18,20-41H2,1-2H3,(H,47,49)(H,51,52)(H,53,54)/b19-17-. The van der Waals surface area contributed by atoms with Gasteiger partial charge in [0.1, 0.15) is 12.7 Å². The van der Waals surface area contributed by atoms with Gasteiger partial charge in [-0.1, -0.05) is 193 Å². The molecule has 0 radical (unpaired) electrons. The van der Waals surface area contributed by atoms with Gasteiger partial charge in [-0.2, -0.15) is 0 Å². The van der Waals surface area contributed by atoms with Crippen LogP contribution in [-0.4, -0.2) is 64.9 Å². The first-order valence-corrected chi connectivity index (χ1v) is 25.2. The first-order chi connectivity index (χ1) is 28.1. The zero-order valence-corrected chi connectivity index (χ0v) is 38.0. The van der Waals surface area contributed by atoms with Gasteiger partial charge in [0.05, 0.1) is 13.2 Å². The van der Waals surface area contributed by atoms with E-state index in [-0.39, 0.29) is 12.8 Å². The molecule has 12 heteroatoms. The minimum atomic E-state index is -4.75. The zero-order chi connectivity index (χ0) is 42.8. The molecule has 0 aliphatic rings. The van der Waals surface area contributed by atoms with Gasteiger partial charge in [0.2, 0.25) is 5.91 Å². The van der Waals surface area contributed by atoms with Crippen molar-refractivity contribution in [2.45, 2.75) is 244 Å². The van der Waals surface area contributed by atoms with E-state index >= 15 is 0 Å². The number of hydrogen-bond acceptors (Lipinski definition) is 8. The van der Waals surface area contributed by atoms with Crippen LogP contribution in [0.2, 0.25) is 0 Å². The van der Waals surface area contributed by atoms with Crippen molar-refractivity contribution in [1.29, 1.82) is 0 Å². The molecular formula is C46H88NO10P. The number of carbonyl (C=O) groups excluding carboxylic acids is 2. The van der Waals surface area contributed by atoms with E-state index in [1.807, 2.05) is 0 Å². The van der Waals surface area contributed by atoms with Crippen LogP contribution >= 0.6 is 7.82 Å². The van der Waals surface area contributed by atoms with Crippen molar-refractivity contribution in [2.75, 3.05) is 19.8 Å². The molecule has 11 nitrogen and oxygen atoms in total. The molecule has 0 aromatic rings. The Morgan fingerprint density at radius 1 is 0.534 bits per heavy atom. The zero-order valence-electron chi connectivity index (χ0n) is 37.1. The summed E-state index contributed by atoms with van der Waals surface area (Å²) in [4.78, 5) is 46.0. The molecular weight excluding hydrogens is 757 g/mol. The van der Waals surface area contributed by atoms with Crippen LogP contribution in [-0.2, 0) is 32.7 Å². The van der Waals surface area contributed by atoms with Crippen molar-refractivity contribution >= 4 is 25.7 Å². The summed E-state index contributed by atoms with van der Waals surface area (Å²) in [6.07, 6.45) is 42.3.